The standard InChI is InChI=1S/C16H17F5N4O2S.C7H11NO/c1-7(5-26)24-14(27)15-25-8(2)12(28-15)10-4-22-11(3-9(10)13(17)18)23-6-16(19,20)21;9-5-8-6-1-2-7(8)4-3-6/h3-4,7,13,26H,5-6H2,1-2H3,(H,22,23)(H,24,27);5-7H,1-4H2. The van der Waals surface area contributed by atoms with Crippen LogP contribution in [0.3, 0.4) is 0 Å². The highest BCUT2D eigenvalue weighted by molar-refractivity contribution is 7.17. The summed E-state index contributed by atoms with van der Waals surface area (Å²) in [6, 6.07) is 1.57. The molecule has 0 saturated carbocycles. The third-order valence-electron chi connectivity index (χ3n) is 6.16. The molecular formula is C23H28F5N5O3S. The van der Waals surface area contributed by atoms with Crippen molar-refractivity contribution >= 4 is 29.5 Å². The topological polar surface area (TPSA) is 107 Å². The number of hydrogen-bond acceptors (Lipinski definition) is 7. The Morgan fingerprint density at radius 1 is 1.27 bits per heavy atom. The molecule has 2 aromatic rings. The fraction of sp³-hybridized carbons (Fsp3) is 0.565. The predicted molar refractivity (Wildman–Crippen MR) is 128 cm³/mol. The molecule has 4 rings (SSSR count). The molecule has 14 heteroatoms. The lowest BCUT2D eigenvalue weighted by molar-refractivity contribution is -0.119. The zero-order valence-electron chi connectivity index (χ0n) is 20.2. The molecule has 0 aliphatic carbocycles. The van der Waals surface area contributed by atoms with Crippen LogP contribution in [-0.4, -0.2) is 69.7 Å². The molecule has 2 fully saturated rings. The van der Waals surface area contributed by atoms with E-state index in [2.05, 4.69) is 15.3 Å². The summed E-state index contributed by atoms with van der Waals surface area (Å²) in [5.41, 5.74) is -0.245. The predicted octanol–water partition coefficient (Wildman–Crippen LogP) is 4.31. The van der Waals surface area contributed by atoms with Crippen molar-refractivity contribution in [3.05, 3.63) is 28.5 Å². The van der Waals surface area contributed by atoms with Gasteiger partial charge in [-0.2, -0.15) is 13.2 Å². The van der Waals surface area contributed by atoms with E-state index in [1.165, 1.54) is 32.6 Å². The van der Waals surface area contributed by atoms with Crippen LogP contribution in [0.15, 0.2) is 12.3 Å². The molecule has 37 heavy (non-hydrogen) atoms. The lowest BCUT2D eigenvalue weighted by atomic mass is 10.0. The molecule has 1 unspecified atom stereocenters. The highest BCUT2D eigenvalue weighted by Gasteiger charge is 2.38. The lowest BCUT2D eigenvalue weighted by Gasteiger charge is -2.13. The molecule has 4 heterocycles. The van der Waals surface area contributed by atoms with Gasteiger partial charge in [-0.1, -0.05) is 0 Å². The van der Waals surface area contributed by atoms with Crippen LogP contribution >= 0.6 is 11.3 Å². The molecule has 2 bridgehead atoms. The number of halogens is 5. The van der Waals surface area contributed by atoms with Gasteiger partial charge in [-0.3, -0.25) is 9.59 Å². The van der Waals surface area contributed by atoms with E-state index in [9.17, 15) is 31.5 Å². The number of carbonyl (C=O) groups excluding carboxylic acids is 2. The first-order chi connectivity index (χ1) is 17.4. The zero-order chi connectivity index (χ0) is 27.3. The summed E-state index contributed by atoms with van der Waals surface area (Å²) in [6.07, 6.45) is -0.431. The number of aliphatic hydroxyl groups is 1. The highest BCUT2D eigenvalue weighted by Crippen LogP contribution is 2.38. The van der Waals surface area contributed by atoms with E-state index in [1.807, 2.05) is 10.2 Å². The van der Waals surface area contributed by atoms with Crippen LogP contribution in [0.1, 0.15) is 60.1 Å². The number of carbonyl (C=O) groups is 2. The first kappa shape index (κ1) is 28.7. The van der Waals surface area contributed by atoms with E-state index in [4.69, 9.17) is 5.11 Å². The van der Waals surface area contributed by atoms with E-state index < -0.39 is 36.7 Å². The Balaban J connectivity index is 0.000000349. The summed E-state index contributed by atoms with van der Waals surface area (Å²) in [6.45, 7) is 1.40. The molecule has 2 amide bonds. The minimum Gasteiger partial charge on any atom is -0.394 e. The summed E-state index contributed by atoms with van der Waals surface area (Å²) in [5, 5.41) is 13.4. The minimum atomic E-state index is -4.52. The number of hydrogen-bond donors (Lipinski definition) is 3. The number of nitrogens with one attached hydrogen (secondary N) is 2. The Morgan fingerprint density at radius 2 is 1.89 bits per heavy atom. The summed E-state index contributed by atoms with van der Waals surface area (Å²) in [5.74, 6) is -0.913. The number of fused-ring (bicyclic) bond motifs is 2. The average molecular weight is 550 g/mol. The second-order valence-corrected chi connectivity index (χ2v) is 9.93. The van der Waals surface area contributed by atoms with Gasteiger partial charge in [0, 0.05) is 35.4 Å². The van der Waals surface area contributed by atoms with E-state index in [1.54, 1.807) is 6.92 Å². The van der Waals surface area contributed by atoms with Crippen molar-refractivity contribution in [2.75, 3.05) is 18.5 Å². The van der Waals surface area contributed by atoms with Crippen molar-refractivity contribution in [2.24, 2.45) is 0 Å². The monoisotopic (exact) mass is 549 g/mol. The van der Waals surface area contributed by atoms with Gasteiger partial charge in [0.15, 0.2) is 5.01 Å². The van der Waals surface area contributed by atoms with E-state index in [0.717, 1.165) is 30.0 Å². The quantitative estimate of drug-likeness (QED) is 0.335. The molecule has 0 aromatic carbocycles. The fourth-order valence-electron chi connectivity index (χ4n) is 4.33. The Hall–Kier alpha value is -2.87. The number of aliphatic hydroxyl groups excluding tert-OH is 1. The molecule has 3 N–H and O–H groups in total. The maximum atomic E-state index is 13.5. The van der Waals surface area contributed by atoms with Crippen LogP contribution in [0.5, 0.6) is 0 Å². The van der Waals surface area contributed by atoms with Gasteiger partial charge in [0.25, 0.3) is 12.3 Å². The first-order valence-corrected chi connectivity index (χ1v) is 12.5. The van der Waals surface area contributed by atoms with Gasteiger partial charge in [0.1, 0.15) is 12.4 Å². The van der Waals surface area contributed by atoms with Gasteiger partial charge in [-0.15, -0.1) is 11.3 Å². The number of aryl methyl sites for hydroxylation is 1. The number of amides is 2. The maximum absolute atomic E-state index is 13.5. The Morgan fingerprint density at radius 3 is 2.38 bits per heavy atom. The van der Waals surface area contributed by atoms with Gasteiger partial charge in [0.2, 0.25) is 6.41 Å². The van der Waals surface area contributed by atoms with Crippen molar-refractivity contribution < 1.29 is 36.6 Å². The van der Waals surface area contributed by atoms with E-state index >= 15 is 0 Å². The Kier molecular flexibility index (Phi) is 9.40. The SMILES string of the molecule is Cc1nc(C(=O)NC(C)CO)sc1-c1cnc(NCC(F)(F)F)cc1C(F)F.O=CN1C2CCC1CC2. The summed E-state index contributed by atoms with van der Waals surface area (Å²) < 4.78 is 63.8. The van der Waals surface area contributed by atoms with Crippen LogP contribution in [0, 0.1) is 6.92 Å². The normalized spacial score (nSPS) is 19.4. The molecule has 2 aliphatic heterocycles. The summed E-state index contributed by atoms with van der Waals surface area (Å²) in [7, 11) is 0. The van der Waals surface area contributed by atoms with Gasteiger partial charge >= 0.3 is 6.18 Å². The Labute approximate surface area is 214 Å². The largest absolute Gasteiger partial charge is 0.405 e. The molecule has 2 aliphatic rings. The van der Waals surface area contributed by atoms with E-state index in [0.29, 0.717) is 17.8 Å². The van der Waals surface area contributed by atoms with Crippen molar-refractivity contribution in [1.82, 2.24) is 20.2 Å². The number of thiazole rings is 1. The highest BCUT2D eigenvalue weighted by atomic mass is 32.1. The molecule has 1 atom stereocenters. The number of aromatic nitrogens is 2. The Bertz CT molecular complexity index is 1080. The van der Waals surface area contributed by atoms with Crippen LogP contribution in [-0.2, 0) is 4.79 Å². The summed E-state index contributed by atoms with van der Waals surface area (Å²) >= 11 is 0.850. The number of nitrogens with zero attached hydrogens (tertiary/aromatic N) is 3. The van der Waals surface area contributed by atoms with Crippen LogP contribution in [0.4, 0.5) is 27.8 Å². The van der Waals surface area contributed by atoms with Crippen LogP contribution in [0.25, 0.3) is 10.4 Å². The fourth-order valence-corrected chi connectivity index (χ4v) is 5.33. The van der Waals surface area contributed by atoms with Crippen molar-refractivity contribution in [3.63, 3.8) is 0 Å². The lowest BCUT2D eigenvalue weighted by Crippen LogP contribution is -2.34. The molecule has 2 saturated heterocycles. The maximum Gasteiger partial charge on any atom is 0.405 e. The van der Waals surface area contributed by atoms with Gasteiger partial charge in [-0.25, -0.2) is 18.7 Å². The van der Waals surface area contributed by atoms with Crippen LogP contribution in [0.2, 0.25) is 0 Å². The van der Waals surface area contributed by atoms with Gasteiger partial charge < -0.3 is 20.6 Å². The second-order valence-electron chi connectivity index (χ2n) is 8.93. The van der Waals surface area contributed by atoms with Gasteiger partial charge in [-0.05, 0) is 45.6 Å². The third-order valence-corrected chi connectivity index (χ3v) is 7.35. The number of pyridine rings is 1. The number of anilines is 1. The summed E-state index contributed by atoms with van der Waals surface area (Å²) in [4.78, 5) is 32.6. The van der Waals surface area contributed by atoms with Crippen molar-refractivity contribution in [1.29, 1.82) is 0 Å². The second kappa shape index (κ2) is 12.1. The molecule has 8 nitrogen and oxygen atoms in total. The number of rotatable bonds is 8. The van der Waals surface area contributed by atoms with Gasteiger partial charge in [0.05, 0.1) is 17.2 Å². The van der Waals surface area contributed by atoms with Crippen LogP contribution < -0.4 is 10.6 Å². The molecule has 0 radical (unpaired) electrons. The minimum absolute atomic E-state index is 0.00675. The first-order valence-electron chi connectivity index (χ1n) is 11.6. The molecule has 0 spiro atoms. The van der Waals surface area contributed by atoms with Crippen molar-refractivity contribution in [3.8, 4) is 10.4 Å². The smallest absolute Gasteiger partial charge is 0.394 e. The molecule has 204 valence electrons. The van der Waals surface area contributed by atoms with Crippen molar-refractivity contribution in [2.45, 2.75) is 70.3 Å². The third kappa shape index (κ3) is 7.34. The molecule has 2 aromatic heterocycles. The number of alkyl halides is 5. The zero-order valence-corrected chi connectivity index (χ0v) is 21.0. The van der Waals surface area contributed by atoms with E-state index in [-0.39, 0.29) is 27.9 Å². The molecular weight excluding hydrogens is 521 g/mol. The average Bonchev–Trinajstić information content (AvgIpc) is 3.56.